The van der Waals surface area contributed by atoms with Gasteiger partial charge < -0.3 is 10.6 Å². The zero-order chi connectivity index (χ0) is 13.7. The molecule has 19 heavy (non-hydrogen) atoms. The topological polar surface area (TPSA) is 29.3 Å². The number of benzene rings is 2. The number of aryl methyl sites for hydroxylation is 1. The van der Waals surface area contributed by atoms with Crippen molar-refractivity contribution >= 4 is 5.69 Å². The fourth-order valence-electron chi connectivity index (χ4n) is 2.16. The minimum Gasteiger partial charge on any atom is -0.399 e. The Bertz CT molecular complexity index is 517. The van der Waals surface area contributed by atoms with E-state index >= 15 is 0 Å². The van der Waals surface area contributed by atoms with Gasteiger partial charge in [-0.1, -0.05) is 42.0 Å². The van der Waals surface area contributed by atoms with E-state index in [9.17, 15) is 0 Å². The summed E-state index contributed by atoms with van der Waals surface area (Å²) in [4.78, 5) is 2.33. The van der Waals surface area contributed by atoms with Crippen molar-refractivity contribution in [1.29, 1.82) is 0 Å². The van der Waals surface area contributed by atoms with Crippen molar-refractivity contribution in [2.75, 3.05) is 19.3 Å². The van der Waals surface area contributed by atoms with Crippen LogP contribution in [-0.2, 0) is 13.0 Å². The molecule has 0 saturated heterocycles. The van der Waals surface area contributed by atoms with E-state index < -0.39 is 0 Å². The normalized spacial score (nSPS) is 10.9. The highest BCUT2D eigenvalue weighted by molar-refractivity contribution is 5.40. The molecular formula is C17H22N2. The first-order valence-corrected chi connectivity index (χ1v) is 6.72. The van der Waals surface area contributed by atoms with Crippen LogP contribution in [0.2, 0.25) is 0 Å². The molecule has 0 aliphatic heterocycles. The van der Waals surface area contributed by atoms with Gasteiger partial charge in [0.05, 0.1) is 0 Å². The summed E-state index contributed by atoms with van der Waals surface area (Å²) in [6, 6.07) is 16.9. The number of hydrogen-bond donors (Lipinski definition) is 1. The van der Waals surface area contributed by atoms with Crippen molar-refractivity contribution in [2.45, 2.75) is 19.9 Å². The number of anilines is 1. The standard InChI is InChI=1S/C17H22N2/c1-14-6-8-15(9-7-14)10-11-19(2)13-16-4-3-5-17(18)12-16/h3-9,12H,10-11,13,18H2,1-2H3. The molecule has 2 heteroatoms. The van der Waals surface area contributed by atoms with Crippen LogP contribution in [0.5, 0.6) is 0 Å². The molecule has 0 heterocycles. The number of hydrogen-bond acceptors (Lipinski definition) is 2. The number of rotatable bonds is 5. The van der Waals surface area contributed by atoms with Gasteiger partial charge in [-0.15, -0.1) is 0 Å². The molecule has 0 amide bonds. The molecule has 2 nitrogen and oxygen atoms in total. The maximum atomic E-state index is 5.79. The van der Waals surface area contributed by atoms with Crippen LogP contribution in [-0.4, -0.2) is 18.5 Å². The van der Waals surface area contributed by atoms with E-state index in [-0.39, 0.29) is 0 Å². The Balaban J connectivity index is 1.84. The zero-order valence-electron chi connectivity index (χ0n) is 11.8. The van der Waals surface area contributed by atoms with Crippen LogP contribution in [0, 0.1) is 6.92 Å². The Hall–Kier alpha value is -1.80. The third-order valence-corrected chi connectivity index (χ3v) is 3.31. The fraction of sp³-hybridized carbons (Fsp3) is 0.294. The van der Waals surface area contributed by atoms with Gasteiger partial charge in [-0.05, 0) is 43.7 Å². The van der Waals surface area contributed by atoms with Gasteiger partial charge in [0.2, 0.25) is 0 Å². The predicted molar refractivity (Wildman–Crippen MR) is 82.1 cm³/mol. The van der Waals surface area contributed by atoms with Gasteiger partial charge in [-0.3, -0.25) is 0 Å². The highest BCUT2D eigenvalue weighted by atomic mass is 15.1. The third-order valence-electron chi connectivity index (χ3n) is 3.31. The van der Waals surface area contributed by atoms with Crippen molar-refractivity contribution in [3.05, 3.63) is 65.2 Å². The van der Waals surface area contributed by atoms with Gasteiger partial charge >= 0.3 is 0 Å². The van der Waals surface area contributed by atoms with Crippen LogP contribution in [0.1, 0.15) is 16.7 Å². The second-order valence-corrected chi connectivity index (χ2v) is 5.22. The van der Waals surface area contributed by atoms with Gasteiger partial charge in [0.15, 0.2) is 0 Å². The van der Waals surface area contributed by atoms with Crippen LogP contribution >= 0.6 is 0 Å². The minimum atomic E-state index is 0.837. The van der Waals surface area contributed by atoms with Crippen LogP contribution in [0.25, 0.3) is 0 Å². The molecule has 0 bridgehead atoms. The lowest BCUT2D eigenvalue weighted by Crippen LogP contribution is -2.20. The Morgan fingerprint density at radius 1 is 1.00 bits per heavy atom. The van der Waals surface area contributed by atoms with Gasteiger partial charge in [-0.2, -0.15) is 0 Å². The number of nitrogen functional groups attached to an aromatic ring is 1. The van der Waals surface area contributed by atoms with E-state index in [1.54, 1.807) is 0 Å². The van der Waals surface area contributed by atoms with Gasteiger partial charge in [-0.25, -0.2) is 0 Å². The Kier molecular flexibility index (Phi) is 4.58. The lowest BCUT2D eigenvalue weighted by atomic mass is 10.1. The molecule has 0 aliphatic carbocycles. The van der Waals surface area contributed by atoms with E-state index in [1.165, 1.54) is 16.7 Å². The van der Waals surface area contributed by atoms with Crippen LogP contribution < -0.4 is 5.73 Å². The van der Waals surface area contributed by atoms with Crippen molar-refractivity contribution < 1.29 is 0 Å². The molecular weight excluding hydrogens is 232 g/mol. The van der Waals surface area contributed by atoms with Crippen LogP contribution in [0.4, 0.5) is 5.69 Å². The molecule has 2 rings (SSSR count). The molecule has 0 radical (unpaired) electrons. The van der Waals surface area contributed by atoms with E-state index in [0.717, 1.165) is 25.2 Å². The first-order valence-electron chi connectivity index (χ1n) is 6.72. The monoisotopic (exact) mass is 254 g/mol. The van der Waals surface area contributed by atoms with Crippen molar-refractivity contribution in [1.82, 2.24) is 4.90 Å². The molecule has 100 valence electrons. The molecule has 2 aromatic rings. The number of likely N-dealkylation sites (N-methyl/N-ethyl adjacent to an activating group) is 1. The summed E-state index contributed by atoms with van der Waals surface area (Å²) in [5.74, 6) is 0. The smallest absolute Gasteiger partial charge is 0.0317 e. The molecule has 0 atom stereocenters. The summed E-state index contributed by atoms with van der Waals surface area (Å²) in [6.07, 6.45) is 1.08. The quantitative estimate of drug-likeness (QED) is 0.830. The Morgan fingerprint density at radius 3 is 2.42 bits per heavy atom. The lowest BCUT2D eigenvalue weighted by molar-refractivity contribution is 0.331. The highest BCUT2D eigenvalue weighted by Crippen LogP contribution is 2.10. The van der Waals surface area contributed by atoms with Gasteiger partial charge in [0.1, 0.15) is 0 Å². The summed E-state index contributed by atoms with van der Waals surface area (Å²) in [5, 5.41) is 0. The number of nitrogens with zero attached hydrogens (tertiary/aromatic N) is 1. The van der Waals surface area contributed by atoms with Crippen LogP contribution in [0.3, 0.4) is 0 Å². The summed E-state index contributed by atoms with van der Waals surface area (Å²) in [7, 11) is 2.15. The predicted octanol–water partition coefficient (Wildman–Crippen LogP) is 3.25. The SMILES string of the molecule is Cc1ccc(CCN(C)Cc2cccc(N)c2)cc1. The summed E-state index contributed by atoms with van der Waals surface area (Å²) >= 11 is 0. The molecule has 0 spiro atoms. The van der Waals surface area contributed by atoms with Gasteiger partial charge in [0.25, 0.3) is 0 Å². The molecule has 0 aliphatic rings. The highest BCUT2D eigenvalue weighted by Gasteiger charge is 2.01. The van der Waals surface area contributed by atoms with Crippen molar-refractivity contribution in [3.8, 4) is 0 Å². The molecule has 0 saturated carbocycles. The molecule has 0 aromatic heterocycles. The second kappa shape index (κ2) is 6.39. The molecule has 0 unspecified atom stereocenters. The lowest BCUT2D eigenvalue weighted by Gasteiger charge is -2.17. The van der Waals surface area contributed by atoms with E-state index in [1.807, 2.05) is 18.2 Å². The van der Waals surface area contributed by atoms with E-state index in [0.29, 0.717) is 0 Å². The van der Waals surface area contributed by atoms with Crippen molar-refractivity contribution in [3.63, 3.8) is 0 Å². The van der Waals surface area contributed by atoms with Crippen LogP contribution in [0.15, 0.2) is 48.5 Å². The Labute approximate surface area is 115 Å². The average Bonchev–Trinajstić information content (AvgIpc) is 2.38. The Morgan fingerprint density at radius 2 is 1.74 bits per heavy atom. The third kappa shape index (κ3) is 4.42. The summed E-state index contributed by atoms with van der Waals surface area (Å²) in [5.41, 5.74) is 10.6. The molecule has 0 fully saturated rings. The van der Waals surface area contributed by atoms with E-state index in [4.69, 9.17) is 5.73 Å². The fourth-order valence-corrected chi connectivity index (χ4v) is 2.16. The summed E-state index contributed by atoms with van der Waals surface area (Å²) < 4.78 is 0. The largest absolute Gasteiger partial charge is 0.399 e. The maximum Gasteiger partial charge on any atom is 0.0317 e. The summed E-state index contributed by atoms with van der Waals surface area (Å²) in [6.45, 7) is 4.12. The van der Waals surface area contributed by atoms with Gasteiger partial charge in [0, 0.05) is 18.8 Å². The minimum absolute atomic E-state index is 0.837. The van der Waals surface area contributed by atoms with E-state index in [2.05, 4.69) is 49.2 Å². The first kappa shape index (κ1) is 13.6. The second-order valence-electron chi connectivity index (χ2n) is 5.22. The zero-order valence-corrected chi connectivity index (χ0v) is 11.8. The maximum absolute atomic E-state index is 5.79. The number of nitrogens with two attached hydrogens (primary N) is 1. The average molecular weight is 254 g/mol. The molecule has 2 aromatic carbocycles. The molecule has 2 N–H and O–H groups in total. The first-order chi connectivity index (χ1) is 9.13. The van der Waals surface area contributed by atoms with Crippen molar-refractivity contribution in [2.24, 2.45) is 0 Å².